The van der Waals surface area contributed by atoms with E-state index >= 15 is 0 Å². The van der Waals surface area contributed by atoms with Crippen LogP contribution in [0.4, 0.5) is 0 Å². The van der Waals surface area contributed by atoms with Gasteiger partial charge in [0.05, 0.1) is 17.1 Å². The van der Waals surface area contributed by atoms with Crippen molar-refractivity contribution in [3.8, 4) is 0 Å². The Morgan fingerprint density at radius 1 is 1.26 bits per heavy atom. The normalized spacial score (nSPS) is 19.5. The number of nitrogens with one attached hydrogen (secondary N) is 1. The largest absolute Gasteiger partial charge is 0.296 e. The maximum Gasteiger partial charge on any atom is 0.235 e. The summed E-state index contributed by atoms with van der Waals surface area (Å²) in [5, 5.41) is 3.37. The van der Waals surface area contributed by atoms with E-state index < -0.39 is 0 Å². The monoisotopic (exact) mass is 318 g/mol. The first-order chi connectivity index (χ1) is 9.15. The molecule has 2 heterocycles. The van der Waals surface area contributed by atoms with Gasteiger partial charge in [-0.15, -0.1) is 0 Å². The number of amides is 2. The first kappa shape index (κ1) is 12.3. The second-order valence-electron chi connectivity index (χ2n) is 4.55. The van der Waals surface area contributed by atoms with Crippen LogP contribution in [0.5, 0.6) is 0 Å². The number of para-hydroxylation sites is 1. The smallest absolute Gasteiger partial charge is 0.235 e. The van der Waals surface area contributed by atoms with Crippen LogP contribution in [-0.4, -0.2) is 16.8 Å². The first-order valence-electron chi connectivity index (χ1n) is 6.04. The summed E-state index contributed by atoms with van der Waals surface area (Å²) in [6, 6.07) is 9.61. The van der Waals surface area contributed by atoms with Crippen molar-refractivity contribution in [2.45, 2.75) is 18.8 Å². The molecule has 5 heteroatoms. The van der Waals surface area contributed by atoms with E-state index in [1.54, 1.807) is 0 Å². The molecule has 0 spiro atoms. The van der Waals surface area contributed by atoms with Gasteiger partial charge in [0.2, 0.25) is 11.8 Å². The molecule has 1 fully saturated rings. The highest BCUT2D eigenvalue weighted by atomic mass is 79.9. The Kier molecular flexibility index (Phi) is 3.06. The molecule has 0 saturated carbocycles. The van der Waals surface area contributed by atoms with Gasteiger partial charge in [-0.3, -0.25) is 19.9 Å². The molecule has 1 aromatic heterocycles. The summed E-state index contributed by atoms with van der Waals surface area (Å²) < 4.78 is 0.915. The lowest BCUT2D eigenvalue weighted by Crippen LogP contribution is -2.39. The predicted octanol–water partition coefficient (Wildman–Crippen LogP) is 2.52. The summed E-state index contributed by atoms with van der Waals surface area (Å²) in [5.74, 6) is -0.814. The fraction of sp³-hybridized carbons (Fsp3) is 0.214. The molecule has 0 radical (unpaired) electrons. The van der Waals surface area contributed by atoms with Crippen LogP contribution in [0.15, 0.2) is 34.8 Å². The fourth-order valence-electron chi connectivity index (χ4n) is 2.31. The zero-order chi connectivity index (χ0) is 13.4. The Bertz CT molecular complexity index is 684. The van der Waals surface area contributed by atoms with Gasteiger partial charge in [-0.2, -0.15) is 0 Å². The third-order valence-corrected chi connectivity index (χ3v) is 3.94. The van der Waals surface area contributed by atoms with Crippen LogP contribution in [0.2, 0.25) is 0 Å². The van der Waals surface area contributed by atoms with Gasteiger partial charge >= 0.3 is 0 Å². The Balaban J connectivity index is 2.06. The van der Waals surface area contributed by atoms with Crippen LogP contribution in [0.25, 0.3) is 10.9 Å². The van der Waals surface area contributed by atoms with E-state index in [1.165, 1.54) is 0 Å². The summed E-state index contributed by atoms with van der Waals surface area (Å²) in [4.78, 5) is 27.6. The molecule has 0 aliphatic carbocycles. The summed E-state index contributed by atoms with van der Waals surface area (Å²) in [5.41, 5.74) is 1.55. The standard InChI is InChI=1S/C14H11BrN2O2/c15-10-7-12(9-5-6-13(18)17-14(9)19)16-11-4-2-1-3-8(10)11/h1-4,7,9H,5-6H2,(H,17,18,19). The Morgan fingerprint density at radius 3 is 2.84 bits per heavy atom. The Morgan fingerprint density at radius 2 is 2.05 bits per heavy atom. The van der Waals surface area contributed by atoms with Crippen LogP contribution >= 0.6 is 15.9 Å². The maximum absolute atomic E-state index is 11.9. The number of hydrogen-bond donors (Lipinski definition) is 1. The Hall–Kier alpha value is -1.75. The lowest BCUT2D eigenvalue weighted by atomic mass is 9.94. The number of aromatic nitrogens is 1. The predicted molar refractivity (Wildman–Crippen MR) is 74.6 cm³/mol. The number of fused-ring (bicyclic) bond motifs is 1. The van der Waals surface area contributed by atoms with Crippen LogP contribution in [0.3, 0.4) is 0 Å². The van der Waals surface area contributed by atoms with Crippen LogP contribution in [0.1, 0.15) is 24.5 Å². The summed E-state index contributed by atoms with van der Waals surface area (Å²) >= 11 is 3.51. The molecule has 19 heavy (non-hydrogen) atoms. The van der Waals surface area contributed by atoms with Gasteiger partial charge in [0.25, 0.3) is 0 Å². The van der Waals surface area contributed by atoms with Crippen molar-refractivity contribution in [3.63, 3.8) is 0 Å². The minimum Gasteiger partial charge on any atom is -0.296 e. The van der Waals surface area contributed by atoms with Crippen molar-refractivity contribution in [2.75, 3.05) is 0 Å². The van der Waals surface area contributed by atoms with E-state index in [2.05, 4.69) is 26.2 Å². The van der Waals surface area contributed by atoms with Gasteiger partial charge in [0, 0.05) is 16.3 Å². The third-order valence-electron chi connectivity index (χ3n) is 3.28. The van der Waals surface area contributed by atoms with Crippen LogP contribution < -0.4 is 5.32 Å². The van der Waals surface area contributed by atoms with E-state index in [9.17, 15) is 9.59 Å². The molecule has 1 aromatic carbocycles. The highest BCUT2D eigenvalue weighted by Gasteiger charge is 2.29. The van der Waals surface area contributed by atoms with Gasteiger partial charge in [-0.05, 0) is 18.6 Å². The number of pyridine rings is 1. The number of halogens is 1. The molecule has 2 aromatic rings. The van der Waals surface area contributed by atoms with E-state index in [-0.39, 0.29) is 17.7 Å². The molecule has 1 aliphatic heterocycles. The van der Waals surface area contributed by atoms with Crippen molar-refractivity contribution in [3.05, 3.63) is 40.5 Å². The summed E-state index contributed by atoms with van der Waals surface area (Å²) in [7, 11) is 0. The van der Waals surface area contributed by atoms with Gasteiger partial charge in [0.1, 0.15) is 0 Å². The molecule has 2 amide bonds. The van der Waals surface area contributed by atoms with Crippen molar-refractivity contribution in [1.29, 1.82) is 0 Å². The molecule has 1 atom stereocenters. The topological polar surface area (TPSA) is 59.1 Å². The Labute approximate surface area is 118 Å². The second kappa shape index (κ2) is 4.74. The average molecular weight is 319 g/mol. The minimum absolute atomic E-state index is 0.207. The number of benzene rings is 1. The summed E-state index contributed by atoms with van der Waals surface area (Å²) in [6.45, 7) is 0. The number of carbonyl (C=O) groups excluding carboxylic acids is 2. The molecular formula is C14H11BrN2O2. The number of hydrogen-bond acceptors (Lipinski definition) is 3. The molecule has 0 bridgehead atoms. The fourth-order valence-corrected chi connectivity index (χ4v) is 2.88. The average Bonchev–Trinajstić information content (AvgIpc) is 2.38. The highest BCUT2D eigenvalue weighted by Crippen LogP contribution is 2.29. The zero-order valence-corrected chi connectivity index (χ0v) is 11.6. The molecular weight excluding hydrogens is 308 g/mol. The van der Waals surface area contributed by atoms with Gasteiger partial charge in [0.15, 0.2) is 0 Å². The van der Waals surface area contributed by atoms with Gasteiger partial charge < -0.3 is 0 Å². The number of carbonyl (C=O) groups is 2. The maximum atomic E-state index is 11.9. The molecule has 4 nitrogen and oxygen atoms in total. The van der Waals surface area contributed by atoms with Crippen molar-refractivity contribution >= 4 is 38.6 Å². The van der Waals surface area contributed by atoms with E-state index in [0.717, 1.165) is 15.4 Å². The van der Waals surface area contributed by atoms with Crippen LogP contribution in [0, 0.1) is 0 Å². The molecule has 1 saturated heterocycles. The van der Waals surface area contributed by atoms with E-state index in [0.29, 0.717) is 18.5 Å². The highest BCUT2D eigenvalue weighted by molar-refractivity contribution is 9.10. The molecule has 3 rings (SSSR count). The lowest BCUT2D eigenvalue weighted by molar-refractivity contribution is -0.134. The van der Waals surface area contributed by atoms with Gasteiger partial charge in [-0.25, -0.2) is 0 Å². The number of rotatable bonds is 1. The third kappa shape index (κ3) is 2.26. The van der Waals surface area contributed by atoms with Crippen molar-refractivity contribution in [1.82, 2.24) is 10.3 Å². The van der Waals surface area contributed by atoms with E-state index in [1.807, 2.05) is 30.3 Å². The van der Waals surface area contributed by atoms with Crippen molar-refractivity contribution in [2.24, 2.45) is 0 Å². The first-order valence-corrected chi connectivity index (χ1v) is 6.83. The van der Waals surface area contributed by atoms with E-state index in [4.69, 9.17) is 0 Å². The second-order valence-corrected chi connectivity index (χ2v) is 5.40. The minimum atomic E-state index is -0.349. The molecule has 96 valence electrons. The molecule has 1 unspecified atom stereocenters. The molecule has 1 aliphatic rings. The number of nitrogens with zero attached hydrogens (tertiary/aromatic N) is 1. The summed E-state index contributed by atoms with van der Waals surface area (Å²) in [6.07, 6.45) is 0.880. The zero-order valence-electron chi connectivity index (χ0n) is 10.0. The molecule has 1 N–H and O–H groups in total. The lowest BCUT2D eigenvalue weighted by Gasteiger charge is -2.20. The SMILES string of the molecule is O=C1CCC(c2cc(Br)c3ccccc3n2)C(=O)N1. The van der Waals surface area contributed by atoms with Crippen LogP contribution in [-0.2, 0) is 9.59 Å². The number of imide groups is 1. The van der Waals surface area contributed by atoms with Crippen molar-refractivity contribution < 1.29 is 9.59 Å². The van der Waals surface area contributed by atoms with Gasteiger partial charge in [-0.1, -0.05) is 34.1 Å². The number of piperidine rings is 1. The quantitative estimate of drug-likeness (QED) is 0.822.